The fourth-order valence-corrected chi connectivity index (χ4v) is 3.04. The molecule has 4 aromatic heterocycles. The van der Waals surface area contributed by atoms with Gasteiger partial charge in [-0.3, -0.25) is 4.79 Å². The molecule has 0 radical (unpaired) electrons. The van der Waals surface area contributed by atoms with Crippen LogP contribution < -0.4 is 0 Å². The monoisotopic (exact) mass is 371 g/mol. The molecular formula is C18H15F2N5O2. The van der Waals surface area contributed by atoms with Crippen molar-refractivity contribution < 1.29 is 18.7 Å². The summed E-state index contributed by atoms with van der Waals surface area (Å²) in [6, 6.07) is 0.788. The van der Waals surface area contributed by atoms with Gasteiger partial charge in [0, 0.05) is 35.6 Å². The van der Waals surface area contributed by atoms with E-state index in [1.807, 2.05) is 0 Å². The van der Waals surface area contributed by atoms with Gasteiger partial charge in [0.1, 0.15) is 17.1 Å². The number of carboxylic acid groups (broad SMARTS) is 1. The van der Waals surface area contributed by atoms with E-state index in [4.69, 9.17) is 0 Å². The number of nitrogens with zero attached hydrogens (tertiary/aromatic N) is 4. The highest BCUT2D eigenvalue weighted by molar-refractivity contribution is 5.92. The third-order valence-electron chi connectivity index (χ3n) is 4.81. The highest BCUT2D eigenvalue weighted by Gasteiger charge is 2.24. The Kier molecular flexibility index (Phi) is 3.87. The van der Waals surface area contributed by atoms with Crippen LogP contribution in [0.2, 0.25) is 0 Å². The predicted molar refractivity (Wildman–Crippen MR) is 94.0 cm³/mol. The Morgan fingerprint density at radius 2 is 2.00 bits per heavy atom. The molecule has 0 bridgehead atoms. The highest BCUT2D eigenvalue weighted by atomic mass is 19.1. The first kappa shape index (κ1) is 17.1. The lowest BCUT2D eigenvalue weighted by molar-refractivity contribution is -0.142. The van der Waals surface area contributed by atoms with E-state index in [1.54, 1.807) is 20.0 Å². The van der Waals surface area contributed by atoms with Crippen LogP contribution in [0.1, 0.15) is 19.9 Å². The number of nitrogens with one attached hydrogen (secondary N) is 1. The molecule has 138 valence electrons. The van der Waals surface area contributed by atoms with E-state index in [0.29, 0.717) is 16.6 Å². The van der Waals surface area contributed by atoms with Crippen molar-refractivity contribution in [2.75, 3.05) is 0 Å². The van der Waals surface area contributed by atoms with Crippen LogP contribution in [0.4, 0.5) is 8.78 Å². The molecule has 0 saturated heterocycles. The number of hydrogen-bond donors (Lipinski definition) is 2. The van der Waals surface area contributed by atoms with Crippen molar-refractivity contribution in [1.82, 2.24) is 24.5 Å². The second-order valence-corrected chi connectivity index (χ2v) is 6.43. The Labute approximate surface area is 151 Å². The van der Waals surface area contributed by atoms with Gasteiger partial charge in [-0.05, 0) is 19.9 Å². The summed E-state index contributed by atoms with van der Waals surface area (Å²) in [5, 5.41) is 9.94. The number of carbonyl (C=O) groups is 1. The lowest BCUT2D eigenvalue weighted by Gasteiger charge is -2.18. The number of carboxylic acids is 1. The SMILES string of the molecule is C[C@H](C(=O)O)[C@H](C)n1cc(F)c2cnc(-c3c[nH]c4ncc(F)cc34)nc21. The lowest BCUT2D eigenvalue weighted by Crippen LogP contribution is -2.21. The van der Waals surface area contributed by atoms with Crippen LogP contribution >= 0.6 is 0 Å². The molecule has 4 rings (SSSR count). The molecule has 27 heavy (non-hydrogen) atoms. The molecule has 0 saturated carbocycles. The molecule has 4 aromatic rings. The molecule has 4 heterocycles. The molecule has 2 atom stereocenters. The third kappa shape index (κ3) is 2.71. The van der Waals surface area contributed by atoms with Crippen molar-refractivity contribution in [2.45, 2.75) is 19.9 Å². The molecule has 7 nitrogen and oxygen atoms in total. The molecule has 2 N–H and O–H groups in total. The topological polar surface area (TPSA) is 96.7 Å². The summed E-state index contributed by atoms with van der Waals surface area (Å²) in [7, 11) is 0. The quantitative estimate of drug-likeness (QED) is 0.572. The summed E-state index contributed by atoms with van der Waals surface area (Å²) in [5.74, 6) is -2.51. The summed E-state index contributed by atoms with van der Waals surface area (Å²) in [6.45, 7) is 3.23. The number of pyridine rings is 1. The molecule has 0 aliphatic rings. The van der Waals surface area contributed by atoms with Crippen LogP contribution in [0.15, 0.2) is 30.9 Å². The summed E-state index contributed by atoms with van der Waals surface area (Å²) in [6.07, 6.45) is 5.27. The lowest BCUT2D eigenvalue weighted by atomic mass is 10.0. The molecule has 0 unspecified atom stereocenters. The molecule has 0 aliphatic heterocycles. The van der Waals surface area contributed by atoms with Gasteiger partial charge in [-0.1, -0.05) is 0 Å². The Bertz CT molecular complexity index is 1180. The maximum Gasteiger partial charge on any atom is 0.308 e. The van der Waals surface area contributed by atoms with Gasteiger partial charge >= 0.3 is 5.97 Å². The van der Waals surface area contributed by atoms with E-state index >= 15 is 0 Å². The van der Waals surface area contributed by atoms with Crippen molar-refractivity contribution in [3.8, 4) is 11.4 Å². The first-order chi connectivity index (χ1) is 12.9. The number of halogens is 2. The van der Waals surface area contributed by atoms with Crippen LogP contribution in [-0.2, 0) is 4.79 Å². The van der Waals surface area contributed by atoms with Crippen molar-refractivity contribution >= 4 is 28.0 Å². The largest absolute Gasteiger partial charge is 0.481 e. The molecule has 0 fully saturated rings. The minimum absolute atomic E-state index is 0.187. The third-order valence-corrected chi connectivity index (χ3v) is 4.81. The van der Waals surface area contributed by atoms with Gasteiger partial charge in [-0.2, -0.15) is 0 Å². The normalized spacial score (nSPS) is 13.9. The molecule has 9 heteroatoms. The first-order valence-electron chi connectivity index (χ1n) is 8.25. The number of hydrogen-bond acceptors (Lipinski definition) is 4. The van der Waals surface area contributed by atoms with Crippen LogP contribution in [0, 0.1) is 17.6 Å². The molecule has 0 aromatic carbocycles. The van der Waals surface area contributed by atoms with Crippen molar-refractivity contribution in [2.24, 2.45) is 5.92 Å². The second kappa shape index (κ2) is 6.11. The zero-order chi connectivity index (χ0) is 19.3. The number of fused-ring (bicyclic) bond motifs is 2. The summed E-state index contributed by atoms with van der Waals surface area (Å²) >= 11 is 0. The Morgan fingerprint density at radius 3 is 2.74 bits per heavy atom. The van der Waals surface area contributed by atoms with Crippen molar-refractivity contribution in [3.05, 3.63) is 42.5 Å². The minimum Gasteiger partial charge on any atom is -0.481 e. The molecule has 0 spiro atoms. The van der Waals surface area contributed by atoms with E-state index < -0.39 is 29.6 Å². The van der Waals surface area contributed by atoms with Crippen LogP contribution in [0.25, 0.3) is 33.5 Å². The van der Waals surface area contributed by atoms with Crippen LogP contribution in [-0.4, -0.2) is 35.6 Å². The Morgan fingerprint density at radius 1 is 1.22 bits per heavy atom. The van der Waals surface area contributed by atoms with Gasteiger partial charge in [0.15, 0.2) is 11.6 Å². The first-order valence-corrected chi connectivity index (χ1v) is 8.25. The van der Waals surface area contributed by atoms with Crippen LogP contribution in [0.5, 0.6) is 0 Å². The molecular weight excluding hydrogens is 356 g/mol. The molecule has 0 amide bonds. The number of H-pyrrole nitrogens is 1. The molecule has 0 aliphatic carbocycles. The summed E-state index contributed by atoms with van der Waals surface area (Å²) in [4.78, 5) is 26.8. The predicted octanol–water partition coefficient (Wildman–Crippen LogP) is 3.53. The number of rotatable bonds is 4. The average molecular weight is 371 g/mol. The summed E-state index contributed by atoms with van der Waals surface area (Å²) in [5.41, 5.74) is 1.27. The van der Waals surface area contributed by atoms with E-state index in [-0.39, 0.29) is 16.9 Å². The number of aromatic amines is 1. The minimum atomic E-state index is -0.989. The zero-order valence-corrected chi connectivity index (χ0v) is 14.4. The van der Waals surface area contributed by atoms with Gasteiger partial charge in [-0.15, -0.1) is 0 Å². The Hall–Kier alpha value is -3.36. The zero-order valence-electron chi connectivity index (χ0n) is 14.4. The standard InChI is InChI=1S/C18H15F2N5O2/c1-8(18(26)27)9(2)25-7-14(20)13-6-23-16(24-17(13)25)12-5-22-15-11(12)3-10(19)4-21-15/h3-9H,1-2H3,(H,21,22)(H,26,27)/t8-,9-/m0/s1. The van der Waals surface area contributed by atoms with Gasteiger partial charge in [-0.25, -0.2) is 23.7 Å². The number of aliphatic carboxylic acids is 1. The fourth-order valence-electron chi connectivity index (χ4n) is 3.04. The maximum atomic E-state index is 14.3. The van der Waals surface area contributed by atoms with E-state index in [1.165, 1.54) is 23.0 Å². The second-order valence-electron chi connectivity index (χ2n) is 6.43. The van der Waals surface area contributed by atoms with E-state index in [0.717, 1.165) is 6.20 Å². The van der Waals surface area contributed by atoms with Crippen molar-refractivity contribution in [3.63, 3.8) is 0 Å². The average Bonchev–Trinajstić information content (AvgIpc) is 3.21. The van der Waals surface area contributed by atoms with Gasteiger partial charge < -0.3 is 14.7 Å². The van der Waals surface area contributed by atoms with E-state index in [9.17, 15) is 18.7 Å². The van der Waals surface area contributed by atoms with Gasteiger partial charge in [0.2, 0.25) is 0 Å². The maximum absolute atomic E-state index is 14.3. The number of aromatic nitrogens is 5. The van der Waals surface area contributed by atoms with Gasteiger partial charge in [0.25, 0.3) is 0 Å². The smallest absolute Gasteiger partial charge is 0.308 e. The van der Waals surface area contributed by atoms with Gasteiger partial charge in [0.05, 0.1) is 17.5 Å². The highest BCUT2D eigenvalue weighted by Crippen LogP contribution is 2.30. The van der Waals surface area contributed by atoms with E-state index in [2.05, 4.69) is 19.9 Å². The summed E-state index contributed by atoms with van der Waals surface area (Å²) < 4.78 is 29.4. The fraction of sp³-hybridized carbons (Fsp3) is 0.222. The Balaban J connectivity index is 1.90. The van der Waals surface area contributed by atoms with Crippen molar-refractivity contribution in [1.29, 1.82) is 0 Å². The van der Waals surface area contributed by atoms with Crippen LogP contribution in [0.3, 0.4) is 0 Å².